The summed E-state index contributed by atoms with van der Waals surface area (Å²) in [5, 5.41) is 10.2. The van der Waals surface area contributed by atoms with Gasteiger partial charge >= 0.3 is 0 Å². The number of rotatable bonds is 4. The molecule has 2 aromatic heterocycles. The van der Waals surface area contributed by atoms with Crippen molar-refractivity contribution in [3.63, 3.8) is 0 Å². The molecule has 0 amide bonds. The number of hydrogen-bond acceptors (Lipinski definition) is 5. The summed E-state index contributed by atoms with van der Waals surface area (Å²) >= 11 is 0. The highest BCUT2D eigenvalue weighted by Gasteiger charge is 2.28. The van der Waals surface area contributed by atoms with Gasteiger partial charge in [-0.3, -0.25) is 4.98 Å². The number of nitrogens with zero attached hydrogens (tertiary/aromatic N) is 3. The minimum absolute atomic E-state index is 0.345. The van der Waals surface area contributed by atoms with E-state index in [1.165, 1.54) is 13.3 Å². The van der Waals surface area contributed by atoms with Gasteiger partial charge in [-0.25, -0.2) is 9.37 Å². The van der Waals surface area contributed by atoms with E-state index in [1.807, 2.05) is 6.92 Å². The van der Waals surface area contributed by atoms with Gasteiger partial charge in [0.25, 0.3) is 0 Å². The van der Waals surface area contributed by atoms with Crippen LogP contribution in [0.2, 0.25) is 0 Å². The maximum absolute atomic E-state index is 14.3. The predicted octanol–water partition coefficient (Wildman–Crippen LogP) is 2.17. The van der Waals surface area contributed by atoms with Gasteiger partial charge in [-0.1, -0.05) is 0 Å². The minimum atomic E-state index is -0.654. The molecule has 0 spiro atoms. The van der Waals surface area contributed by atoms with Crippen LogP contribution in [0, 0.1) is 5.82 Å². The fraction of sp³-hybridized carbons (Fsp3) is 0.529. The maximum Gasteiger partial charge on any atom is 0.213 e. The van der Waals surface area contributed by atoms with E-state index >= 15 is 0 Å². The minimum Gasteiger partial charge on any atom is -0.481 e. The summed E-state index contributed by atoms with van der Waals surface area (Å²) in [7, 11) is 1.54. The molecule has 1 N–H and O–H groups in total. The first-order valence-electron chi connectivity index (χ1n) is 7.91. The van der Waals surface area contributed by atoms with E-state index in [1.54, 1.807) is 12.1 Å². The van der Waals surface area contributed by atoms with Crippen LogP contribution in [-0.2, 0) is 6.42 Å². The Bertz CT molecular complexity index is 706. The zero-order valence-electron chi connectivity index (χ0n) is 13.5. The first kappa shape index (κ1) is 16.1. The third-order valence-electron chi connectivity index (χ3n) is 4.38. The summed E-state index contributed by atoms with van der Waals surface area (Å²) in [4.78, 5) is 10.6. The van der Waals surface area contributed by atoms with Gasteiger partial charge in [0.15, 0.2) is 0 Å². The Morgan fingerprint density at radius 3 is 3.00 bits per heavy atom. The van der Waals surface area contributed by atoms with Crippen LogP contribution in [0.15, 0.2) is 18.3 Å². The fourth-order valence-electron chi connectivity index (χ4n) is 3.21. The zero-order chi connectivity index (χ0) is 16.4. The van der Waals surface area contributed by atoms with Crippen molar-refractivity contribution >= 4 is 11.0 Å². The smallest absolute Gasteiger partial charge is 0.213 e. The monoisotopic (exact) mass is 319 g/mol. The Kier molecular flexibility index (Phi) is 4.46. The lowest BCUT2D eigenvalue weighted by molar-refractivity contribution is -0.0150. The average molecular weight is 319 g/mol. The molecule has 23 heavy (non-hydrogen) atoms. The van der Waals surface area contributed by atoms with Crippen LogP contribution in [-0.4, -0.2) is 52.3 Å². The molecule has 0 saturated carbocycles. The summed E-state index contributed by atoms with van der Waals surface area (Å²) < 4.78 is 19.4. The standard InChI is InChI=1S/C17H22FN3O2/c1-17(22)7-3-8-21(11-17)9-6-12-13(18)10-19-14-4-5-15(23-2)20-16(12)14/h4-5,10,22H,3,6-9,11H2,1-2H3. The zero-order valence-corrected chi connectivity index (χ0v) is 13.5. The largest absolute Gasteiger partial charge is 0.481 e. The maximum atomic E-state index is 14.3. The highest BCUT2D eigenvalue weighted by molar-refractivity contribution is 5.78. The lowest BCUT2D eigenvalue weighted by Gasteiger charge is -2.36. The van der Waals surface area contributed by atoms with Crippen molar-refractivity contribution in [2.75, 3.05) is 26.7 Å². The highest BCUT2D eigenvalue weighted by Crippen LogP contribution is 2.24. The van der Waals surface area contributed by atoms with Crippen molar-refractivity contribution in [3.8, 4) is 5.88 Å². The summed E-state index contributed by atoms with van der Waals surface area (Å²) in [6, 6.07) is 3.51. The SMILES string of the molecule is COc1ccc2ncc(F)c(CCN3CCCC(C)(O)C3)c2n1. The van der Waals surface area contributed by atoms with Gasteiger partial charge in [-0.05, 0) is 38.8 Å². The van der Waals surface area contributed by atoms with Crippen molar-refractivity contribution < 1.29 is 14.2 Å². The van der Waals surface area contributed by atoms with E-state index in [0.29, 0.717) is 42.0 Å². The molecule has 1 fully saturated rings. The number of likely N-dealkylation sites (tertiary alicyclic amines) is 1. The Hall–Kier alpha value is -1.79. The van der Waals surface area contributed by atoms with E-state index in [0.717, 1.165) is 19.4 Å². The Labute approximate surface area is 135 Å². The summed E-state index contributed by atoms with van der Waals surface area (Å²) in [6.07, 6.45) is 3.55. The van der Waals surface area contributed by atoms with Gasteiger partial charge < -0.3 is 14.7 Å². The van der Waals surface area contributed by atoms with E-state index in [4.69, 9.17) is 4.74 Å². The predicted molar refractivity (Wildman–Crippen MR) is 86.0 cm³/mol. The van der Waals surface area contributed by atoms with Crippen molar-refractivity contribution in [1.82, 2.24) is 14.9 Å². The summed E-state index contributed by atoms with van der Waals surface area (Å²) in [5.74, 6) is 0.106. The van der Waals surface area contributed by atoms with Gasteiger partial charge in [0.1, 0.15) is 5.82 Å². The van der Waals surface area contributed by atoms with Gasteiger partial charge in [0.05, 0.1) is 29.9 Å². The normalized spacial score (nSPS) is 22.4. The number of piperidine rings is 1. The number of aliphatic hydroxyl groups is 1. The topological polar surface area (TPSA) is 58.5 Å². The summed E-state index contributed by atoms with van der Waals surface area (Å²) in [6.45, 7) is 4.09. The molecule has 0 aliphatic carbocycles. The Morgan fingerprint density at radius 2 is 2.26 bits per heavy atom. The van der Waals surface area contributed by atoms with Crippen molar-refractivity contribution in [2.24, 2.45) is 0 Å². The van der Waals surface area contributed by atoms with Crippen LogP contribution in [0.5, 0.6) is 5.88 Å². The van der Waals surface area contributed by atoms with Gasteiger partial charge in [-0.15, -0.1) is 0 Å². The van der Waals surface area contributed by atoms with Crippen LogP contribution in [0.25, 0.3) is 11.0 Å². The van der Waals surface area contributed by atoms with Crippen LogP contribution >= 0.6 is 0 Å². The molecular formula is C17H22FN3O2. The molecule has 2 aromatic rings. The molecule has 1 atom stereocenters. The van der Waals surface area contributed by atoms with Crippen molar-refractivity contribution in [1.29, 1.82) is 0 Å². The Balaban J connectivity index is 1.83. The molecule has 0 radical (unpaired) electrons. The second kappa shape index (κ2) is 6.37. The third kappa shape index (κ3) is 3.59. The van der Waals surface area contributed by atoms with Crippen LogP contribution in [0.4, 0.5) is 4.39 Å². The van der Waals surface area contributed by atoms with E-state index in [2.05, 4.69) is 14.9 Å². The number of aromatic nitrogens is 2. The van der Waals surface area contributed by atoms with E-state index in [9.17, 15) is 9.50 Å². The van der Waals surface area contributed by atoms with Gasteiger partial charge in [-0.2, -0.15) is 0 Å². The number of ether oxygens (including phenoxy) is 1. The first-order chi connectivity index (χ1) is 11.0. The van der Waals surface area contributed by atoms with Crippen molar-refractivity contribution in [2.45, 2.75) is 31.8 Å². The molecule has 6 heteroatoms. The molecule has 1 saturated heterocycles. The Morgan fingerprint density at radius 1 is 1.43 bits per heavy atom. The number of β-amino-alcohol motifs (C(OH)–C–C–N with tert-alkyl or cyclic N) is 1. The number of pyridine rings is 2. The number of halogens is 1. The fourth-order valence-corrected chi connectivity index (χ4v) is 3.21. The molecule has 1 aliphatic heterocycles. The molecule has 5 nitrogen and oxygen atoms in total. The van der Waals surface area contributed by atoms with Gasteiger partial charge in [0.2, 0.25) is 5.88 Å². The molecule has 3 rings (SSSR count). The lowest BCUT2D eigenvalue weighted by atomic mass is 9.95. The average Bonchev–Trinajstić information content (AvgIpc) is 2.52. The van der Waals surface area contributed by atoms with E-state index in [-0.39, 0.29) is 5.82 Å². The van der Waals surface area contributed by atoms with Crippen molar-refractivity contribution in [3.05, 3.63) is 29.7 Å². The molecule has 3 heterocycles. The molecule has 0 bridgehead atoms. The quantitative estimate of drug-likeness (QED) is 0.936. The van der Waals surface area contributed by atoms with Crippen LogP contribution in [0.3, 0.4) is 0 Å². The highest BCUT2D eigenvalue weighted by atomic mass is 19.1. The second-order valence-electron chi connectivity index (χ2n) is 6.43. The first-order valence-corrected chi connectivity index (χ1v) is 7.91. The molecule has 0 aromatic carbocycles. The van der Waals surface area contributed by atoms with Crippen LogP contribution in [0.1, 0.15) is 25.3 Å². The third-order valence-corrected chi connectivity index (χ3v) is 4.38. The molecule has 124 valence electrons. The van der Waals surface area contributed by atoms with Crippen LogP contribution < -0.4 is 4.74 Å². The van der Waals surface area contributed by atoms with E-state index < -0.39 is 5.60 Å². The summed E-state index contributed by atoms with van der Waals surface area (Å²) in [5.41, 5.74) is 1.11. The number of hydrogen-bond donors (Lipinski definition) is 1. The lowest BCUT2D eigenvalue weighted by Crippen LogP contribution is -2.46. The second-order valence-corrected chi connectivity index (χ2v) is 6.43. The molecule has 1 unspecified atom stereocenters. The molecule has 1 aliphatic rings. The van der Waals surface area contributed by atoms with Gasteiger partial charge in [0, 0.05) is 24.7 Å². The number of methoxy groups -OCH3 is 1. The number of fused-ring (bicyclic) bond motifs is 1. The molecular weight excluding hydrogens is 297 g/mol.